The summed E-state index contributed by atoms with van der Waals surface area (Å²) in [5.74, 6) is 2.21. The molecule has 4 rings (SSSR count). The van der Waals surface area contributed by atoms with Gasteiger partial charge in [-0.2, -0.15) is 4.98 Å². The Morgan fingerprint density at radius 3 is 2.83 bits per heavy atom. The third kappa shape index (κ3) is 4.56. The van der Waals surface area contributed by atoms with Gasteiger partial charge in [-0.15, -0.1) is 0 Å². The fourth-order valence-corrected chi connectivity index (χ4v) is 3.35. The van der Waals surface area contributed by atoms with Crippen molar-refractivity contribution < 1.29 is 14.1 Å². The Morgan fingerprint density at radius 2 is 2.03 bits per heavy atom. The van der Waals surface area contributed by atoms with E-state index in [4.69, 9.17) is 9.26 Å². The fraction of sp³-hybridized carbons (Fsp3) is 0.381. The minimum atomic E-state index is -0.0996. The molecule has 3 heterocycles. The Balaban J connectivity index is 1.29. The normalized spacial score (nSPS) is 15.9. The summed E-state index contributed by atoms with van der Waals surface area (Å²) in [4.78, 5) is 29.2. The highest BCUT2D eigenvalue weighted by molar-refractivity contribution is 5.76. The van der Waals surface area contributed by atoms with E-state index in [1.54, 1.807) is 12.4 Å². The van der Waals surface area contributed by atoms with Crippen molar-refractivity contribution in [3.8, 4) is 17.3 Å². The summed E-state index contributed by atoms with van der Waals surface area (Å²) < 4.78 is 11.3. The van der Waals surface area contributed by atoms with Gasteiger partial charge in [0, 0.05) is 57.9 Å². The Hall–Kier alpha value is -3.49. The van der Waals surface area contributed by atoms with Gasteiger partial charge in [-0.05, 0) is 0 Å². The Kier molecular flexibility index (Phi) is 5.87. The number of carbonyl (C=O) groups excluding carboxylic acids is 1. The lowest BCUT2D eigenvalue weighted by molar-refractivity contribution is -0.130. The summed E-state index contributed by atoms with van der Waals surface area (Å²) in [7, 11) is 3.78. The Bertz CT molecular complexity index is 991. The molecule has 1 aromatic carbocycles. The topological polar surface area (TPSA) is 97.5 Å². The van der Waals surface area contributed by atoms with Crippen molar-refractivity contribution in [3.05, 3.63) is 48.6 Å². The molecule has 1 fully saturated rings. The van der Waals surface area contributed by atoms with Gasteiger partial charge in [0.25, 0.3) is 5.88 Å². The van der Waals surface area contributed by atoms with Crippen molar-refractivity contribution in [3.63, 3.8) is 0 Å². The molecule has 30 heavy (non-hydrogen) atoms. The van der Waals surface area contributed by atoms with Crippen LogP contribution in [0.5, 0.6) is 5.88 Å². The van der Waals surface area contributed by atoms with E-state index >= 15 is 0 Å². The molecule has 9 heteroatoms. The highest BCUT2D eigenvalue weighted by atomic mass is 16.5. The second-order valence-electron chi connectivity index (χ2n) is 7.33. The van der Waals surface area contributed by atoms with E-state index in [0.717, 1.165) is 12.0 Å². The highest BCUT2D eigenvalue weighted by Crippen LogP contribution is 2.24. The average molecular weight is 408 g/mol. The second kappa shape index (κ2) is 8.89. The number of carbonyl (C=O) groups is 1. The second-order valence-corrected chi connectivity index (χ2v) is 7.33. The SMILES string of the molecule is CN(C)c1nccnc1OC1CCN(C(=O)CCc2nc(-c3ccccc3)no2)C1. The largest absolute Gasteiger partial charge is 0.470 e. The summed E-state index contributed by atoms with van der Waals surface area (Å²) in [5.41, 5.74) is 0.888. The predicted molar refractivity (Wildman–Crippen MR) is 110 cm³/mol. The van der Waals surface area contributed by atoms with Gasteiger partial charge in [0.1, 0.15) is 6.10 Å². The smallest absolute Gasteiger partial charge is 0.257 e. The van der Waals surface area contributed by atoms with E-state index in [2.05, 4.69) is 20.1 Å². The molecule has 0 spiro atoms. The molecule has 1 unspecified atom stereocenters. The van der Waals surface area contributed by atoms with E-state index in [-0.39, 0.29) is 12.0 Å². The van der Waals surface area contributed by atoms with Crippen molar-refractivity contribution in [2.24, 2.45) is 0 Å². The number of amides is 1. The van der Waals surface area contributed by atoms with E-state index in [1.165, 1.54) is 0 Å². The summed E-state index contributed by atoms with van der Waals surface area (Å²) in [6.07, 6.45) is 4.63. The molecule has 1 aliphatic rings. The number of ether oxygens (including phenoxy) is 1. The summed E-state index contributed by atoms with van der Waals surface area (Å²) in [6.45, 7) is 1.18. The van der Waals surface area contributed by atoms with E-state index < -0.39 is 0 Å². The predicted octanol–water partition coefficient (Wildman–Crippen LogP) is 2.21. The van der Waals surface area contributed by atoms with Crippen molar-refractivity contribution in [2.75, 3.05) is 32.1 Å². The van der Waals surface area contributed by atoms with Gasteiger partial charge in [-0.25, -0.2) is 9.97 Å². The van der Waals surface area contributed by atoms with Crippen LogP contribution >= 0.6 is 0 Å². The van der Waals surface area contributed by atoms with Crippen molar-refractivity contribution >= 4 is 11.7 Å². The number of anilines is 1. The maximum Gasteiger partial charge on any atom is 0.257 e. The third-order valence-electron chi connectivity index (χ3n) is 4.90. The molecule has 1 aliphatic heterocycles. The molecule has 3 aromatic rings. The zero-order valence-corrected chi connectivity index (χ0v) is 17.1. The molecule has 0 radical (unpaired) electrons. The van der Waals surface area contributed by atoms with Crippen LogP contribution in [0.25, 0.3) is 11.4 Å². The number of rotatable bonds is 7. The molecule has 1 amide bonds. The molecule has 2 aromatic heterocycles. The zero-order chi connectivity index (χ0) is 20.9. The van der Waals surface area contributed by atoms with Gasteiger partial charge < -0.3 is 19.1 Å². The number of nitrogens with zero attached hydrogens (tertiary/aromatic N) is 6. The summed E-state index contributed by atoms with van der Waals surface area (Å²) in [5, 5.41) is 4.00. The van der Waals surface area contributed by atoms with Crippen molar-refractivity contribution in [2.45, 2.75) is 25.4 Å². The van der Waals surface area contributed by atoms with Gasteiger partial charge in [0.05, 0.1) is 6.54 Å². The first-order valence-corrected chi connectivity index (χ1v) is 9.91. The van der Waals surface area contributed by atoms with Gasteiger partial charge in [-0.3, -0.25) is 4.79 Å². The monoisotopic (exact) mass is 408 g/mol. The Morgan fingerprint density at radius 1 is 1.23 bits per heavy atom. The molecule has 0 bridgehead atoms. The van der Waals surface area contributed by atoms with Gasteiger partial charge in [0.15, 0.2) is 5.82 Å². The van der Waals surface area contributed by atoms with Crippen LogP contribution in [0.15, 0.2) is 47.2 Å². The molecule has 9 nitrogen and oxygen atoms in total. The minimum absolute atomic E-state index is 0.0486. The molecular formula is C21H24N6O3. The van der Waals surface area contributed by atoms with Crippen LogP contribution in [0.2, 0.25) is 0 Å². The minimum Gasteiger partial charge on any atom is -0.470 e. The highest BCUT2D eigenvalue weighted by Gasteiger charge is 2.29. The molecule has 156 valence electrons. The molecule has 1 saturated heterocycles. The standard InChI is InChI=1S/C21H24N6O3/c1-26(2)20-21(23-12-11-22-20)29-16-10-13-27(14-16)18(28)9-8-17-24-19(25-30-17)15-6-4-3-5-7-15/h3-7,11-12,16H,8-10,13-14H2,1-2H3. The average Bonchev–Trinajstić information content (AvgIpc) is 3.43. The van der Waals surface area contributed by atoms with Crippen molar-refractivity contribution in [1.82, 2.24) is 25.0 Å². The van der Waals surface area contributed by atoms with Crippen molar-refractivity contribution in [1.29, 1.82) is 0 Å². The summed E-state index contributed by atoms with van der Waals surface area (Å²) >= 11 is 0. The number of benzene rings is 1. The maximum absolute atomic E-state index is 12.6. The number of likely N-dealkylation sites (tertiary alicyclic amines) is 1. The number of aryl methyl sites for hydroxylation is 1. The first kappa shape index (κ1) is 19.8. The first-order valence-electron chi connectivity index (χ1n) is 9.91. The van der Waals surface area contributed by atoms with E-state index in [0.29, 0.717) is 49.3 Å². The molecular weight excluding hydrogens is 384 g/mol. The van der Waals surface area contributed by atoms with E-state index in [1.807, 2.05) is 54.2 Å². The molecule has 0 aliphatic carbocycles. The molecule has 0 N–H and O–H groups in total. The lowest BCUT2D eigenvalue weighted by Gasteiger charge is -2.19. The summed E-state index contributed by atoms with van der Waals surface area (Å²) in [6, 6.07) is 9.61. The lowest BCUT2D eigenvalue weighted by atomic mass is 10.2. The fourth-order valence-electron chi connectivity index (χ4n) is 3.35. The van der Waals surface area contributed by atoms with Crippen LogP contribution in [0.1, 0.15) is 18.7 Å². The Labute approximate surface area is 174 Å². The first-order chi connectivity index (χ1) is 14.6. The van der Waals surface area contributed by atoms with Crippen LogP contribution < -0.4 is 9.64 Å². The van der Waals surface area contributed by atoms with E-state index in [9.17, 15) is 4.79 Å². The van der Waals surface area contributed by atoms with Gasteiger partial charge in [-0.1, -0.05) is 35.5 Å². The lowest BCUT2D eigenvalue weighted by Crippen LogP contribution is -2.31. The quantitative estimate of drug-likeness (QED) is 0.587. The van der Waals surface area contributed by atoms with Crippen LogP contribution in [0.4, 0.5) is 5.82 Å². The van der Waals surface area contributed by atoms with Crippen LogP contribution in [-0.4, -0.2) is 64.2 Å². The number of hydrogen-bond acceptors (Lipinski definition) is 8. The molecule has 0 saturated carbocycles. The number of hydrogen-bond donors (Lipinski definition) is 0. The maximum atomic E-state index is 12.6. The van der Waals surface area contributed by atoms with Crippen LogP contribution in [0, 0.1) is 0 Å². The van der Waals surface area contributed by atoms with Gasteiger partial charge in [0.2, 0.25) is 17.6 Å². The third-order valence-corrected chi connectivity index (χ3v) is 4.90. The number of aromatic nitrogens is 4. The molecule has 1 atom stereocenters. The van der Waals surface area contributed by atoms with Crippen LogP contribution in [-0.2, 0) is 11.2 Å². The zero-order valence-electron chi connectivity index (χ0n) is 17.1. The van der Waals surface area contributed by atoms with Gasteiger partial charge >= 0.3 is 0 Å². The van der Waals surface area contributed by atoms with Crippen LogP contribution in [0.3, 0.4) is 0 Å².